The van der Waals surface area contributed by atoms with Gasteiger partial charge in [-0.1, -0.05) is 13.8 Å². The van der Waals surface area contributed by atoms with Gasteiger partial charge >= 0.3 is 0 Å². The van der Waals surface area contributed by atoms with E-state index in [4.69, 9.17) is 5.73 Å². The number of likely N-dealkylation sites (tertiary alicyclic amines) is 1. The van der Waals surface area contributed by atoms with Crippen LogP contribution in [0.15, 0.2) is 0 Å². The molecule has 4 heteroatoms. The first kappa shape index (κ1) is 14.6. The molecule has 0 aromatic rings. The molecule has 2 aliphatic heterocycles. The summed E-state index contributed by atoms with van der Waals surface area (Å²) in [6, 6.07) is 0. The summed E-state index contributed by atoms with van der Waals surface area (Å²) in [5, 5.41) is 0. The van der Waals surface area contributed by atoms with E-state index in [0.29, 0.717) is 5.54 Å². The van der Waals surface area contributed by atoms with Crippen LogP contribution < -0.4 is 5.73 Å². The lowest BCUT2D eigenvalue weighted by atomic mass is 9.85. The lowest BCUT2D eigenvalue weighted by Gasteiger charge is -2.50. The molecule has 3 nitrogen and oxygen atoms in total. The van der Waals surface area contributed by atoms with Crippen LogP contribution in [0, 0.1) is 5.92 Å². The van der Waals surface area contributed by atoms with Gasteiger partial charge in [-0.05, 0) is 31.8 Å². The number of nitrogens with zero attached hydrogens (tertiary/aromatic N) is 2. The van der Waals surface area contributed by atoms with Gasteiger partial charge in [-0.2, -0.15) is 11.8 Å². The molecule has 0 aromatic carbocycles. The molecule has 18 heavy (non-hydrogen) atoms. The molecule has 0 aromatic heterocycles. The molecular weight excluding hydrogens is 242 g/mol. The Morgan fingerprint density at radius 1 is 1.11 bits per heavy atom. The van der Waals surface area contributed by atoms with Crippen LogP contribution in [0.5, 0.6) is 0 Å². The summed E-state index contributed by atoms with van der Waals surface area (Å²) in [4.78, 5) is 5.31. The molecular formula is C14H29N3S. The number of rotatable bonds is 4. The van der Waals surface area contributed by atoms with Crippen molar-refractivity contribution in [3.8, 4) is 0 Å². The lowest BCUT2D eigenvalue weighted by molar-refractivity contribution is 0.0303. The summed E-state index contributed by atoms with van der Waals surface area (Å²) in [5.74, 6) is 3.36. The molecule has 2 N–H and O–H groups in total. The minimum atomic E-state index is 0.314. The highest BCUT2D eigenvalue weighted by Gasteiger charge is 2.39. The number of piperidine rings is 1. The molecule has 2 fully saturated rings. The van der Waals surface area contributed by atoms with Crippen molar-refractivity contribution in [2.24, 2.45) is 11.7 Å². The lowest BCUT2D eigenvalue weighted by Crippen LogP contribution is -2.61. The Labute approximate surface area is 116 Å². The van der Waals surface area contributed by atoms with E-state index in [9.17, 15) is 0 Å². The maximum Gasteiger partial charge on any atom is 0.0356 e. The molecule has 0 spiro atoms. The van der Waals surface area contributed by atoms with Crippen molar-refractivity contribution < 1.29 is 0 Å². The quantitative estimate of drug-likeness (QED) is 0.839. The molecule has 0 bridgehead atoms. The van der Waals surface area contributed by atoms with Gasteiger partial charge in [-0.3, -0.25) is 4.90 Å². The molecule has 0 radical (unpaired) electrons. The van der Waals surface area contributed by atoms with Gasteiger partial charge in [0, 0.05) is 43.2 Å². The Kier molecular flexibility index (Phi) is 5.36. The van der Waals surface area contributed by atoms with E-state index in [1.807, 2.05) is 0 Å². The molecule has 0 amide bonds. The predicted molar refractivity (Wildman–Crippen MR) is 81.2 cm³/mol. The number of thioether (sulfide) groups is 1. The van der Waals surface area contributed by atoms with Crippen LogP contribution in [0.3, 0.4) is 0 Å². The maximum absolute atomic E-state index is 6.15. The average molecular weight is 271 g/mol. The predicted octanol–water partition coefficient (Wildman–Crippen LogP) is 1.48. The van der Waals surface area contributed by atoms with Crippen LogP contribution in [0.1, 0.15) is 26.7 Å². The molecule has 2 aliphatic rings. The third kappa shape index (κ3) is 3.41. The van der Waals surface area contributed by atoms with Gasteiger partial charge in [0.05, 0.1) is 0 Å². The molecule has 0 unspecified atom stereocenters. The van der Waals surface area contributed by atoms with Crippen LogP contribution in [0.25, 0.3) is 0 Å². The summed E-state index contributed by atoms with van der Waals surface area (Å²) in [6.07, 6.45) is 2.53. The zero-order valence-corrected chi connectivity index (χ0v) is 12.8. The van der Waals surface area contributed by atoms with Crippen LogP contribution in [0.2, 0.25) is 0 Å². The zero-order valence-electron chi connectivity index (χ0n) is 12.0. The maximum atomic E-state index is 6.15. The van der Waals surface area contributed by atoms with Crippen LogP contribution in [-0.4, -0.2) is 66.1 Å². The van der Waals surface area contributed by atoms with Crippen LogP contribution in [0.4, 0.5) is 0 Å². The molecule has 2 rings (SSSR count). The largest absolute Gasteiger partial charge is 0.329 e. The Hall–Kier alpha value is 0.230. The molecule has 0 aliphatic carbocycles. The van der Waals surface area contributed by atoms with E-state index in [1.54, 1.807) is 0 Å². The van der Waals surface area contributed by atoms with E-state index in [0.717, 1.165) is 12.5 Å². The molecule has 0 atom stereocenters. The van der Waals surface area contributed by atoms with Crippen molar-refractivity contribution >= 4 is 11.8 Å². The van der Waals surface area contributed by atoms with E-state index >= 15 is 0 Å². The highest BCUT2D eigenvalue weighted by Crippen LogP contribution is 2.30. The van der Waals surface area contributed by atoms with Crippen molar-refractivity contribution in [1.29, 1.82) is 0 Å². The van der Waals surface area contributed by atoms with E-state index in [-0.39, 0.29) is 0 Å². The van der Waals surface area contributed by atoms with Gasteiger partial charge in [0.1, 0.15) is 0 Å². The number of hydrogen-bond donors (Lipinski definition) is 1. The first-order chi connectivity index (χ1) is 8.66. The monoisotopic (exact) mass is 271 g/mol. The van der Waals surface area contributed by atoms with E-state index in [1.165, 1.54) is 57.1 Å². The van der Waals surface area contributed by atoms with E-state index < -0.39 is 0 Å². The van der Waals surface area contributed by atoms with Gasteiger partial charge in [-0.25, -0.2) is 0 Å². The van der Waals surface area contributed by atoms with Gasteiger partial charge in [0.2, 0.25) is 0 Å². The summed E-state index contributed by atoms with van der Waals surface area (Å²) >= 11 is 2.09. The zero-order chi connectivity index (χ0) is 13.0. The summed E-state index contributed by atoms with van der Waals surface area (Å²) in [6.45, 7) is 11.7. The minimum Gasteiger partial charge on any atom is -0.329 e. The van der Waals surface area contributed by atoms with Crippen molar-refractivity contribution in [2.75, 3.05) is 50.8 Å². The number of nitrogens with two attached hydrogens (primary N) is 1. The Morgan fingerprint density at radius 2 is 1.72 bits per heavy atom. The van der Waals surface area contributed by atoms with Gasteiger partial charge in [0.25, 0.3) is 0 Å². The highest BCUT2D eigenvalue weighted by molar-refractivity contribution is 7.99. The third-order valence-corrected chi connectivity index (χ3v) is 5.41. The van der Waals surface area contributed by atoms with Crippen molar-refractivity contribution in [2.45, 2.75) is 32.2 Å². The normalized spacial score (nSPS) is 26.7. The van der Waals surface area contributed by atoms with Crippen molar-refractivity contribution in [1.82, 2.24) is 9.80 Å². The van der Waals surface area contributed by atoms with Gasteiger partial charge in [0.15, 0.2) is 0 Å². The van der Waals surface area contributed by atoms with E-state index in [2.05, 4.69) is 35.4 Å². The smallest absolute Gasteiger partial charge is 0.0356 e. The molecule has 0 saturated carbocycles. The first-order valence-electron chi connectivity index (χ1n) is 7.41. The fourth-order valence-electron chi connectivity index (χ4n) is 3.36. The molecule has 106 valence electrons. The Morgan fingerprint density at radius 3 is 2.22 bits per heavy atom. The fourth-order valence-corrected chi connectivity index (χ4v) is 4.26. The summed E-state index contributed by atoms with van der Waals surface area (Å²) in [7, 11) is 0. The second-order valence-corrected chi connectivity index (χ2v) is 7.45. The minimum absolute atomic E-state index is 0.314. The SMILES string of the molecule is CC(C)CN1CCC(CN)(N2CCSCC2)CC1. The molecule has 2 heterocycles. The third-order valence-electron chi connectivity index (χ3n) is 4.47. The first-order valence-corrected chi connectivity index (χ1v) is 8.57. The summed E-state index contributed by atoms with van der Waals surface area (Å²) in [5.41, 5.74) is 6.46. The highest BCUT2D eigenvalue weighted by atomic mass is 32.2. The standard InChI is InChI=1S/C14H29N3S/c1-13(2)11-16-5-3-14(12-15,4-6-16)17-7-9-18-10-8-17/h13H,3-12,15H2,1-2H3. The van der Waals surface area contributed by atoms with Gasteiger partial charge in [-0.15, -0.1) is 0 Å². The second kappa shape index (κ2) is 6.60. The van der Waals surface area contributed by atoms with Gasteiger partial charge < -0.3 is 10.6 Å². The van der Waals surface area contributed by atoms with Crippen molar-refractivity contribution in [3.63, 3.8) is 0 Å². The van der Waals surface area contributed by atoms with Crippen LogP contribution in [-0.2, 0) is 0 Å². The second-order valence-electron chi connectivity index (χ2n) is 6.22. The Bertz CT molecular complexity index is 243. The number of hydrogen-bond acceptors (Lipinski definition) is 4. The molecule has 2 saturated heterocycles. The van der Waals surface area contributed by atoms with Crippen LogP contribution >= 0.6 is 11.8 Å². The average Bonchev–Trinajstić information content (AvgIpc) is 2.40. The topological polar surface area (TPSA) is 32.5 Å². The van der Waals surface area contributed by atoms with Crippen molar-refractivity contribution in [3.05, 3.63) is 0 Å². The Balaban J connectivity index is 1.90. The summed E-state index contributed by atoms with van der Waals surface area (Å²) < 4.78 is 0. The fraction of sp³-hybridized carbons (Fsp3) is 1.00.